The molecular formula is C14H11I2NO. The van der Waals surface area contributed by atoms with Crippen molar-refractivity contribution in [3.63, 3.8) is 0 Å². The summed E-state index contributed by atoms with van der Waals surface area (Å²) in [5.41, 5.74) is 2.71. The van der Waals surface area contributed by atoms with Gasteiger partial charge in [0.2, 0.25) is 0 Å². The lowest BCUT2D eigenvalue weighted by Crippen LogP contribution is -2.11. The van der Waals surface area contributed by atoms with E-state index in [2.05, 4.69) is 50.5 Å². The quantitative estimate of drug-likeness (QED) is 0.656. The van der Waals surface area contributed by atoms with Gasteiger partial charge in [0.25, 0.3) is 5.91 Å². The molecule has 0 radical (unpaired) electrons. The van der Waals surface area contributed by atoms with Gasteiger partial charge in [-0.3, -0.25) is 4.79 Å². The minimum atomic E-state index is -0.0777. The molecule has 2 rings (SSSR count). The first-order valence-electron chi connectivity index (χ1n) is 5.39. The third-order valence-corrected chi connectivity index (χ3v) is 4.42. The van der Waals surface area contributed by atoms with E-state index >= 15 is 0 Å². The van der Waals surface area contributed by atoms with Gasteiger partial charge in [-0.1, -0.05) is 6.07 Å². The molecule has 0 aliphatic heterocycles. The van der Waals surface area contributed by atoms with Crippen molar-refractivity contribution in [3.05, 3.63) is 60.7 Å². The van der Waals surface area contributed by atoms with Crippen LogP contribution in [-0.4, -0.2) is 5.91 Å². The molecule has 0 aromatic heterocycles. The Labute approximate surface area is 133 Å². The van der Waals surface area contributed by atoms with Gasteiger partial charge in [0, 0.05) is 18.4 Å². The largest absolute Gasteiger partial charge is 0.322 e. The van der Waals surface area contributed by atoms with Crippen LogP contribution in [0.5, 0.6) is 0 Å². The summed E-state index contributed by atoms with van der Waals surface area (Å²) in [6, 6.07) is 13.4. The zero-order valence-electron chi connectivity index (χ0n) is 9.71. The molecule has 0 saturated heterocycles. The minimum absolute atomic E-state index is 0.0777. The average Bonchev–Trinajstić information content (AvgIpc) is 2.34. The number of aryl methyl sites for hydroxylation is 1. The maximum Gasteiger partial charge on any atom is 0.255 e. The molecule has 92 valence electrons. The van der Waals surface area contributed by atoms with Crippen LogP contribution in [0.15, 0.2) is 42.5 Å². The second-order valence-electron chi connectivity index (χ2n) is 3.92. The summed E-state index contributed by atoms with van der Waals surface area (Å²) in [5, 5.41) is 2.90. The van der Waals surface area contributed by atoms with Crippen molar-refractivity contribution in [3.8, 4) is 0 Å². The molecule has 1 N–H and O–H groups in total. The van der Waals surface area contributed by atoms with Crippen LogP contribution >= 0.6 is 45.2 Å². The predicted molar refractivity (Wildman–Crippen MR) is 91.0 cm³/mol. The molecule has 18 heavy (non-hydrogen) atoms. The Balaban J connectivity index is 2.16. The van der Waals surface area contributed by atoms with Crippen LogP contribution in [0.25, 0.3) is 0 Å². The zero-order valence-corrected chi connectivity index (χ0v) is 14.0. The predicted octanol–water partition coefficient (Wildman–Crippen LogP) is 4.46. The Kier molecular flexibility index (Phi) is 4.60. The topological polar surface area (TPSA) is 29.1 Å². The van der Waals surface area contributed by atoms with Crippen LogP contribution in [0.3, 0.4) is 0 Å². The fraction of sp³-hybridized carbons (Fsp3) is 0.0714. The van der Waals surface area contributed by atoms with Gasteiger partial charge in [0.05, 0.1) is 0 Å². The molecular weight excluding hydrogens is 452 g/mol. The number of halogens is 2. The fourth-order valence-corrected chi connectivity index (χ4v) is 2.35. The highest BCUT2D eigenvalue weighted by atomic mass is 127. The van der Waals surface area contributed by atoms with E-state index in [-0.39, 0.29) is 5.91 Å². The van der Waals surface area contributed by atoms with Crippen molar-refractivity contribution in [1.29, 1.82) is 0 Å². The molecule has 2 aromatic carbocycles. The number of anilines is 1. The van der Waals surface area contributed by atoms with Crippen LogP contribution in [0.2, 0.25) is 0 Å². The van der Waals surface area contributed by atoms with Gasteiger partial charge in [0.15, 0.2) is 0 Å². The molecule has 2 nitrogen and oxygen atoms in total. The summed E-state index contributed by atoms with van der Waals surface area (Å²) in [6.07, 6.45) is 0. The Morgan fingerprint density at radius 2 is 1.72 bits per heavy atom. The molecule has 0 heterocycles. The summed E-state index contributed by atoms with van der Waals surface area (Å²) in [5.74, 6) is -0.0777. The molecule has 0 spiro atoms. The van der Waals surface area contributed by atoms with Crippen molar-refractivity contribution in [2.24, 2.45) is 0 Å². The average molecular weight is 463 g/mol. The second kappa shape index (κ2) is 6.01. The Morgan fingerprint density at radius 1 is 1.06 bits per heavy atom. The summed E-state index contributed by atoms with van der Waals surface area (Å²) in [6.45, 7) is 2.05. The third-order valence-electron chi connectivity index (χ3n) is 2.54. The molecule has 0 fully saturated rings. The summed E-state index contributed by atoms with van der Waals surface area (Å²) < 4.78 is 2.27. The molecule has 0 unspecified atom stereocenters. The van der Waals surface area contributed by atoms with E-state index in [4.69, 9.17) is 0 Å². The summed E-state index contributed by atoms with van der Waals surface area (Å²) in [7, 11) is 0. The number of carbonyl (C=O) groups is 1. The fourth-order valence-electron chi connectivity index (χ4n) is 1.48. The van der Waals surface area contributed by atoms with Gasteiger partial charge in [-0.05, 0) is 94.1 Å². The van der Waals surface area contributed by atoms with E-state index in [1.54, 1.807) is 0 Å². The van der Waals surface area contributed by atoms with Crippen molar-refractivity contribution >= 4 is 56.8 Å². The van der Waals surface area contributed by atoms with Gasteiger partial charge >= 0.3 is 0 Å². The zero-order chi connectivity index (χ0) is 13.1. The summed E-state index contributed by atoms with van der Waals surface area (Å²) >= 11 is 4.48. The Morgan fingerprint density at radius 3 is 2.33 bits per heavy atom. The lowest BCUT2D eigenvalue weighted by atomic mass is 10.2. The number of hydrogen-bond donors (Lipinski definition) is 1. The maximum atomic E-state index is 12.0. The lowest BCUT2D eigenvalue weighted by molar-refractivity contribution is 0.102. The van der Waals surface area contributed by atoms with Crippen LogP contribution in [0.1, 0.15) is 15.9 Å². The number of nitrogens with one attached hydrogen (secondary N) is 1. The highest BCUT2D eigenvalue weighted by Gasteiger charge is 2.06. The molecule has 0 atom stereocenters. The summed E-state index contributed by atoms with van der Waals surface area (Å²) in [4.78, 5) is 12.0. The number of benzene rings is 2. The molecule has 1 amide bonds. The second-order valence-corrected chi connectivity index (χ2v) is 6.33. The van der Waals surface area contributed by atoms with Gasteiger partial charge in [-0.25, -0.2) is 0 Å². The first kappa shape index (κ1) is 13.8. The van der Waals surface area contributed by atoms with Crippen molar-refractivity contribution in [2.45, 2.75) is 6.92 Å². The molecule has 0 saturated carbocycles. The van der Waals surface area contributed by atoms with E-state index in [9.17, 15) is 4.79 Å². The van der Waals surface area contributed by atoms with E-state index in [1.165, 1.54) is 5.56 Å². The number of rotatable bonds is 2. The molecule has 0 aliphatic rings. The smallest absolute Gasteiger partial charge is 0.255 e. The minimum Gasteiger partial charge on any atom is -0.322 e. The van der Waals surface area contributed by atoms with Crippen LogP contribution in [-0.2, 0) is 0 Å². The normalized spacial score (nSPS) is 10.2. The van der Waals surface area contributed by atoms with E-state index in [0.29, 0.717) is 5.56 Å². The van der Waals surface area contributed by atoms with Gasteiger partial charge in [0.1, 0.15) is 0 Å². The number of carbonyl (C=O) groups excluding carboxylic acids is 1. The van der Waals surface area contributed by atoms with Crippen molar-refractivity contribution in [1.82, 2.24) is 0 Å². The van der Waals surface area contributed by atoms with E-state index in [1.807, 2.05) is 49.4 Å². The van der Waals surface area contributed by atoms with Gasteiger partial charge in [-0.2, -0.15) is 0 Å². The first-order valence-corrected chi connectivity index (χ1v) is 7.55. The van der Waals surface area contributed by atoms with Crippen molar-refractivity contribution in [2.75, 3.05) is 5.32 Å². The Hall–Kier alpha value is -0.630. The van der Waals surface area contributed by atoms with E-state index < -0.39 is 0 Å². The third kappa shape index (κ3) is 3.44. The molecule has 0 aliphatic carbocycles. The van der Waals surface area contributed by atoms with Crippen molar-refractivity contribution < 1.29 is 4.79 Å². The molecule has 0 bridgehead atoms. The molecule has 4 heteroatoms. The van der Waals surface area contributed by atoms with Gasteiger partial charge in [-0.15, -0.1) is 0 Å². The van der Waals surface area contributed by atoms with Crippen LogP contribution in [0.4, 0.5) is 5.69 Å². The SMILES string of the molecule is Cc1ccc(NC(=O)c2ccc(I)cc2)cc1I. The highest BCUT2D eigenvalue weighted by molar-refractivity contribution is 14.1. The van der Waals surface area contributed by atoms with E-state index in [0.717, 1.165) is 12.8 Å². The highest BCUT2D eigenvalue weighted by Crippen LogP contribution is 2.18. The monoisotopic (exact) mass is 463 g/mol. The number of hydrogen-bond acceptors (Lipinski definition) is 1. The van der Waals surface area contributed by atoms with Crippen LogP contribution in [0, 0.1) is 14.1 Å². The van der Waals surface area contributed by atoms with Crippen LogP contribution < -0.4 is 5.32 Å². The standard InChI is InChI=1S/C14H11I2NO/c1-9-2-7-12(8-13(9)16)17-14(18)10-3-5-11(15)6-4-10/h2-8H,1H3,(H,17,18). The first-order chi connectivity index (χ1) is 8.56. The van der Waals surface area contributed by atoms with Gasteiger partial charge < -0.3 is 5.32 Å². The maximum absolute atomic E-state index is 12.0. The lowest BCUT2D eigenvalue weighted by Gasteiger charge is -2.07. The Bertz CT molecular complexity index is 579. The molecule has 2 aromatic rings. The number of amides is 1.